The maximum atomic E-state index is 6.96. The molecule has 0 N–H and O–H groups in total. The minimum absolute atomic E-state index is 0.586. The zero-order chi connectivity index (χ0) is 36.5. The molecule has 56 heavy (non-hydrogen) atoms. The molecule has 6 nitrogen and oxygen atoms in total. The fourth-order valence-corrected chi connectivity index (χ4v) is 9.24. The number of hydrogen-bond donors (Lipinski definition) is 0. The van der Waals surface area contributed by atoms with E-state index in [1.54, 1.807) is 0 Å². The summed E-state index contributed by atoms with van der Waals surface area (Å²) in [6, 6.07) is 59.1. The van der Waals surface area contributed by atoms with E-state index in [1.165, 1.54) is 0 Å². The molecule has 0 saturated heterocycles. The van der Waals surface area contributed by atoms with E-state index in [4.69, 9.17) is 18.8 Å². The Morgan fingerprint density at radius 2 is 0.964 bits per heavy atom. The smallest absolute Gasteiger partial charge is 0.235 e. The number of nitrogens with zero attached hydrogens (tertiary/aromatic N) is 4. The highest BCUT2D eigenvalue weighted by atomic mass is 16.3. The summed E-state index contributed by atoms with van der Waals surface area (Å²) in [5.74, 6) is 0.586. The van der Waals surface area contributed by atoms with Crippen molar-refractivity contribution in [3.05, 3.63) is 170 Å². The Bertz CT molecular complexity index is 3770. The summed E-state index contributed by atoms with van der Waals surface area (Å²) in [6.45, 7) is 0. The van der Waals surface area contributed by atoms with E-state index in [0.29, 0.717) is 5.95 Å². The highest BCUT2D eigenvalue weighted by molar-refractivity contribution is 6.39. The molecule has 5 aromatic heterocycles. The number of fused-ring (bicyclic) bond motifs is 16. The van der Waals surface area contributed by atoms with Crippen molar-refractivity contribution < 1.29 is 8.83 Å². The van der Waals surface area contributed by atoms with E-state index in [1.807, 2.05) is 24.3 Å². The van der Waals surface area contributed by atoms with E-state index < -0.39 is 0 Å². The van der Waals surface area contributed by atoms with Crippen molar-refractivity contribution in [1.29, 1.82) is 0 Å². The third-order valence-electron chi connectivity index (χ3n) is 11.5. The highest BCUT2D eigenvalue weighted by Crippen LogP contribution is 2.49. The van der Waals surface area contributed by atoms with Crippen LogP contribution in [0.2, 0.25) is 0 Å². The van der Waals surface area contributed by atoms with Gasteiger partial charge in [-0.3, -0.25) is 4.57 Å². The van der Waals surface area contributed by atoms with Crippen LogP contribution in [0.25, 0.3) is 121 Å². The average molecular weight is 717 g/mol. The van der Waals surface area contributed by atoms with Crippen LogP contribution in [0.5, 0.6) is 0 Å². The second-order valence-corrected chi connectivity index (χ2v) is 14.5. The number of para-hydroxylation sites is 7. The predicted octanol–water partition coefficient (Wildman–Crippen LogP) is 13.3. The lowest BCUT2D eigenvalue weighted by Gasteiger charge is -2.13. The third kappa shape index (κ3) is 3.84. The van der Waals surface area contributed by atoms with Crippen LogP contribution >= 0.6 is 0 Å². The molecule has 0 aliphatic carbocycles. The summed E-state index contributed by atoms with van der Waals surface area (Å²) < 4.78 is 18.2. The molecule has 5 heterocycles. The first-order valence-electron chi connectivity index (χ1n) is 18.8. The largest absolute Gasteiger partial charge is 0.455 e. The van der Waals surface area contributed by atoms with Gasteiger partial charge in [-0.1, -0.05) is 121 Å². The maximum Gasteiger partial charge on any atom is 0.235 e. The standard InChI is InChI=1S/C50H28N4O2/c1-2-15-29(16-3-1)53-38-25-10-6-20-34(38)44-46-42(43-35-21-8-13-28-41(35)56-49(43)47(44)53)33-19-5-11-26-39(33)54(46)50-51-37-24-9-4-18-32(37)45(52-50)36-23-14-22-31-30-17-7-12-27-40(30)55-48(31)36/h1-28H. The van der Waals surface area contributed by atoms with Crippen molar-refractivity contribution in [3.8, 4) is 22.9 Å². The summed E-state index contributed by atoms with van der Waals surface area (Å²) in [6.07, 6.45) is 0. The maximum absolute atomic E-state index is 6.96. The quantitative estimate of drug-likeness (QED) is 0.183. The first-order valence-corrected chi connectivity index (χ1v) is 18.8. The first-order chi connectivity index (χ1) is 27.8. The van der Waals surface area contributed by atoms with E-state index in [-0.39, 0.29) is 0 Å². The molecule has 13 rings (SSSR count). The normalized spacial score (nSPS) is 12.3. The lowest BCUT2D eigenvalue weighted by Crippen LogP contribution is -2.04. The van der Waals surface area contributed by atoms with Crippen LogP contribution < -0.4 is 0 Å². The van der Waals surface area contributed by atoms with Gasteiger partial charge in [0.25, 0.3) is 0 Å². The summed E-state index contributed by atoms with van der Waals surface area (Å²) in [5.41, 5.74) is 11.2. The van der Waals surface area contributed by atoms with E-state index >= 15 is 0 Å². The van der Waals surface area contributed by atoms with E-state index in [2.05, 4.69) is 155 Å². The summed E-state index contributed by atoms with van der Waals surface area (Å²) in [7, 11) is 0. The minimum Gasteiger partial charge on any atom is -0.455 e. The van der Waals surface area contributed by atoms with Crippen LogP contribution in [0.1, 0.15) is 0 Å². The summed E-state index contributed by atoms with van der Waals surface area (Å²) in [5, 5.41) is 9.67. The van der Waals surface area contributed by atoms with E-state index in [0.717, 1.165) is 115 Å². The lowest BCUT2D eigenvalue weighted by molar-refractivity contribution is 0.669. The molecule has 0 unspecified atom stereocenters. The van der Waals surface area contributed by atoms with Gasteiger partial charge in [-0.2, -0.15) is 0 Å². The van der Waals surface area contributed by atoms with Crippen molar-refractivity contribution in [2.24, 2.45) is 0 Å². The molecule has 260 valence electrons. The van der Waals surface area contributed by atoms with Crippen molar-refractivity contribution in [2.45, 2.75) is 0 Å². The minimum atomic E-state index is 0.586. The van der Waals surface area contributed by atoms with Gasteiger partial charge < -0.3 is 13.4 Å². The van der Waals surface area contributed by atoms with Crippen LogP contribution in [-0.2, 0) is 0 Å². The zero-order valence-electron chi connectivity index (χ0n) is 29.8. The van der Waals surface area contributed by atoms with Gasteiger partial charge in [0.2, 0.25) is 5.95 Å². The molecule has 8 aromatic carbocycles. The molecular weight excluding hydrogens is 689 g/mol. The van der Waals surface area contributed by atoms with Gasteiger partial charge in [0, 0.05) is 59.7 Å². The van der Waals surface area contributed by atoms with Crippen molar-refractivity contribution in [3.63, 3.8) is 0 Å². The molecule has 0 amide bonds. The molecular formula is C50H28N4O2. The fraction of sp³-hybridized carbons (Fsp3) is 0. The molecule has 0 bridgehead atoms. The van der Waals surface area contributed by atoms with Crippen LogP contribution in [-0.4, -0.2) is 19.1 Å². The monoisotopic (exact) mass is 716 g/mol. The molecule has 0 radical (unpaired) electrons. The molecule has 6 heteroatoms. The van der Waals surface area contributed by atoms with Crippen molar-refractivity contribution in [1.82, 2.24) is 19.1 Å². The van der Waals surface area contributed by atoms with Gasteiger partial charge in [-0.05, 0) is 48.5 Å². The number of aromatic nitrogens is 4. The van der Waals surface area contributed by atoms with Gasteiger partial charge >= 0.3 is 0 Å². The van der Waals surface area contributed by atoms with Gasteiger partial charge in [0.1, 0.15) is 16.7 Å². The molecule has 0 aliphatic rings. The Balaban J connectivity index is 1.27. The highest BCUT2D eigenvalue weighted by Gasteiger charge is 2.29. The number of furan rings is 2. The second kappa shape index (κ2) is 10.9. The Morgan fingerprint density at radius 1 is 0.375 bits per heavy atom. The Hall–Kier alpha value is -7.70. The van der Waals surface area contributed by atoms with Crippen LogP contribution in [0, 0.1) is 0 Å². The van der Waals surface area contributed by atoms with Gasteiger partial charge in [-0.25, -0.2) is 9.97 Å². The molecule has 0 atom stereocenters. The molecule has 13 aromatic rings. The molecule has 0 fully saturated rings. The number of rotatable bonds is 3. The average Bonchev–Trinajstić information content (AvgIpc) is 4.01. The Morgan fingerprint density at radius 3 is 1.77 bits per heavy atom. The summed E-state index contributed by atoms with van der Waals surface area (Å²) in [4.78, 5) is 11.0. The van der Waals surface area contributed by atoms with Crippen LogP contribution in [0.15, 0.2) is 179 Å². The van der Waals surface area contributed by atoms with Gasteiger partial charge in [0.05, 0.1) is 33.3 Å². The first kappa shape index (κ1) is 29.7. The van der Waals surface area contributed by atoms with Crippen LogP contribution in [0.4, 0.5) is 0 Å². The number of benzene rings is 8. The van der Waals surface area contributed by atoms with Crippen LogP contribution in [0.3, 0.4) is 0 Å². The van der Waals surface area contributed by atoms with Gasteiger partial charge in [-0.15, -0.1) is 0 Å². The van der Waals surface area contributed by atoms with E-state index in [9.17, 15) is 0 Å². The predicted molar refractivity (Wildman–Crippen MR) is 228 cm³/mol. The zero-order valence-corrected chi connectivity index (χ0v) is 29.8. The second-order valence-electron chi connectivity index (χ2n) is 14.5. The fourth-order valence-electron chi connectivity index (χ4n) is 9.24. The SMILES string of the molecule is c1ccc(-n2c3ccccc3c3c2c2oc4ccccc4c2c2c4ccccc4n(-c4nc(-c5cccc6c5oc5ccccc56)c5ccccc5n4)c23)cc1. The lowest BCUT2D eigenvalue weighted by atomic mass is 10.0. The van der Waals surface area contributed by atoms with Crippen molar-refractivity contribution in [2.75, 3.05) is 0 Å². The Labute approximate surface area is 318 Å². The molecule has 0 spiro atoms. The summed E-state index contributed by atoms with van der Waals surface area (Å²) >= 11 is 0. The van der Waals surface area contributed by atoms with Crippen molar-refractivity contribution >= 4 is 98.4 Å². The number of hydrogen-bond acceptors (Lipinski definition) is 4. The molecule has 0 aliphatic heterocycles. The topological polar surface area (TPSA) is 61.9 Å². The molecule has 0 saturated carbocycles. The van der Waals surface area contributed by atoms with Gasteiger partial charge in [0.15, 0.2) is 5.58 Å². The third-order valence-corrected chi connectivity index (χ3v) is 11.5. The Kier molecular flexibility index (Phi) is 5.80.